The zero-order valence-corrected chi connectivity index (χ0v) is 15.6. The third-order valence-electron chi connectivity index (χ3n) is 5.50. The minimum atomic E-state index is -0.299. The third kappa shape index (κ3) is 3.06. The third-order valence-corrected chi connectivity index (χ3v) is 6.57. The van der Waals surface area contributed by atoms with Gasteiger partial charge in [-0.15, -0.1) is 11.3 Å². The summed E-state index contributed by atoms with van der Waals surface area (Å²) >= 11 is 1.77. The zero-order chi connectivity index (χ0) is 17.4. The second-order valence-corrected chi connectivity index (χ2v) is 8.48. The molecule has 1 aromatic heterocycles. The Balaban J connectivity index is 1.51. The van der Waals surface area contributed by atoms with E-state index in [2.05, 4.69) is 28.9 Å². The Kier molecular flexibility index (Phi) is 4.28. The van der Waals surface area contributed by atoms with E-state index in [1.807, 2.05) is 18.3 Å². The molecule has 1 saturated heterocycles. The zero-order valence-electron chi connectivity index (χ0n) is 14.8. The number of rotatable bonds is 4. The fraction of sp³-hybridized carbons (Fsp3) is 0.500. The Bertz CT molecular complexity index is 764. The van der Waals surface area contributed by atoms with Crippen LogP contribution in [0.5, 0.6) is 5.75 Å². The number of piperidine rings is 1. The Morgan fingerprint density at radius 2 is 2.08 bits per heavy atom. The molecule has 0 bridgehead atoms. The van der Waals surface area contributed by atoms with Gasteiger partial charge in [-0.25, -0.2) is 4.98 Å². The highest BCUT2D eigenvalue weighted by Gasteiger charge is 2.53. The molecule has 1 aliphatic carbocycles. The van der Waals surface area contributed by atoms with E-state index in [0.29, 0.717) is 11.8 Å². The Labute approximate surface area is 152 Å². The van der Waals surface area contributed by atoms with Crippen LogP contribution in [-0.2, 0) is 10.2 Å². The largest absolute Gasteiger partial charge is 0.497 e. The topological polar surface area (TPSA) is 42.4 Å². The summed E-state index contributed by atoms with van der Waals surface area (Å²) in [5.41, 5.74) is 0.831. The van der Waals surface area contributed by atoms with Crippen molar-refractivity contribution >= 4 is 17.2 Å². The van der Waals surface area contributed by atoms with Crippen LogP contribution in [0.15, 0.2) is 30.5 Å². The van der Waals surface area contributed by atoms with Crippen molar-refractivity contribution < 1.29 is 9.53 Å². The smallest absolute Gasteiger partial charge is 0.233 e. The monoisotopic (exact) mass is 356 g/mol. The fourth-order valence-electron chi connectivity index (χ4n) is 3.89. The molecule has 1 amide bonds. The number of aromatic nitrogens is 1. The van der Waals surface area contributed by atoms with Crippen LogP contribution in [0, 0.1) is 6.92 Å². The van der Waals surface area contributed by atoms with Gasteiger partial charge in [0.2, 0.25) is 5.91 Å². The Hall–Kier alpha value is -1.88. The van der Waals surface area contributed by atoms with E-state index in [4.69, 9.17) is 4.74 Å². The molecule has 2 fully saturated rings. The van der Waals surface area contributed by atoms with Crippen molar-refractivity contribution in [2.45, 2.75) is 43.9 Å². The number of carbonyl (C=O) groups is 1. The number of ether oxygens (including phenoxy) is 1. The minimum absolute atomic E-state index is 0.299. The number of likely N-dealkylation sites (tertiary alicyclic amines) is 1. The minimum Gasteiger partial charge on any atom is -0.497 e. The summed E-state index contributed by atoms with van der Waals surface area (Å²) in [6.07, 6.45) is 6.05. The maximum absolute atomic E-state index is 13.3. The first kappa shape index (κ1) is 16.6. The molecule has 1 unspecified atom stereocenters. The molecule has 2 heterocycles. The maximum Gasteiger partial charge on any atom is 0.233 e. The van der Waals surface area contributed by atoms with E-state index in [9.17, 15) is 4.79 Å². The summed E-state index contributed by atoms with van der Waals surface area (Å²) in [4.78, 5) is 21.2. The van der Waals surface area contributed by atoms with Gasteiger partial charge < -0.3 is 9.64 Å². The van der Waals surface area contributed by atoms with Gasteiger partial charge in [0, 0.05) is 30.1 Å². The predicted octanol–water partition coefficient (Wildman–Crippen LogP) is 3.90. The lowest BCUT2D eigenvalue weighted by molar-refractivity contribution is -0.135. The van der Waals surface area contributed by atoms with Crippen LogP contribution >= 0.6 is 11.3 Å². The molecule has 2 aromatic rings. The molecule has 0 spiro atoms. The van der Waals surface area contributed by atoms with Crippen molar-refractivity contribution in [1.29, 1.82) is 0 Å². The second-order valence-electron chi connectivity index (χ2n) is 7.21. The van der Waals surface area contributed by atoms with Gasteiger partial charge in [0.05, 0.1) is 17.5 Å². The van der Waals surface area contributed by atoms with Gasteiger partial charge in [-0.3, -0.25) is 4.79 Å². The first-order valence-electron chi connectivity index (χ1n) is 8.98. The number of benzene rings is 1. The molecule has 2 aliphatic rings. The van der Waals surface area contributed by atoms with Crippen LogP contribution in [0.2, 0.25) is 0 Å². The second kappa shape index (κ2) is 6.45. The Morgan fingerprint density at radius 3 is 2.68 bits per heavy atom. The molecule has 0 N–H and O–H groups in total. The first-order chi connectivity index (χ1) is 12.1. The molecule has 1 aliphatic heterocycles. The molecule has 1 saturated carbocycles. The van der Waals surface area contributed by atoms with Crippen molar-refractivity contribution in [1.82, 2.24) is 9.88 Å². The number of amides is 1. The molecule has 25 heavy (non-hydrogen) atoms. The van der Waals surface area contributed by atoms with Crippen LogP contribution in [0.3, 0.4) is 0 Å². The van der Waals surface area contributed by atoms with Gasteiger partial charge in [-0.2, -0.15) is 0 Å². The van der Waals surface area contributed by atoms with Gasteiger partial charge in [0.1, 0.15) is 5.75 Å². The molecular formula is C20H24N2O2S. The summed E-state index contributed by atoms with van der Waals surface area (Å²) in [6.45, 7) is 3.77. The number of hydrogen-bond acceptors (Lipinski definition) is 4. The SMILES string of the molecule is COc1ccc(C2(C(=O)N3CCCC(c4ncc(C)s4)C3)CC2)cc1. The standard InChI is InChI=1S/C20H24N2O2S/c1-14-12-21-18(25-14)15-4-3-11-22(13-15)19(23)20(9-10-20)16-5-7-17(24-2)8-6-16/h5-8,12,15H,3-4,9-11,13H2,1-2H3. The van der Waals surface area contributed by atoms with Crippen molar-refractivity contribution in [3.8, 4) is 5.75 Å². The lowest BCUT2D eigenvalue weighted by atomic mass is 9.91. The summed E-state index contributed by atoms with van der Waals surface area (Å²) in [5.74, 6) is 1.53. The van der Waals surface area contributed by atoms with Crippen LogP contribution < -0.4 is 4.74 Å². The lowest BCUT2D eigenvalue weighted by Crippen LogP contribution is -2.44. The molecule has 0 radical (unpaired) electrons. The number of methoxy groups -OCH3 is 1. The number of hydrogen-bond donors (Lipinski definition) is 0. The van der Waals surface area contributed by atoms with E-state index in [0.717, 1.165) is 50.1 Å². The van der Waals surface area contributed by atoms with Gasteiger partial charge in [0.15, 0.2) is 0 Å². The van der Waals surface area contributed by atoms with Crippen LogP contribution in [-0.4, -0.2) is 36.0 Å². The van der Waals surface area contributed by atoms with E-state index in [-0.39, 0.29) is 5.41 Å². The molecule has 132 valence electrons. The normalized spacial score (nSPS) is 21.8. The highest BCUT2D eigenvalue weighted by Crippen LogP contribution is 2.50. The average molecular weight is 356 g/mol. The summed E-state index contributed by atoms with van der Waals surface area (Å²) < 4.78 is 5.24. The van der Waals surface area contributed by atoms with Crippen LogP contribution in [0.1, 0.15) is 47.0 Å². The molecule has 4 nitrogen and oxygen atoms in total. The van der Waals surface area contributed by atoms with Crippen molar-refractivity contribution in [3.05, 3.63) is 45.9 Å². The van der Waals surface area contributed by atoms with Crippen molar-refractivity contribution in [3.63, 3.8) is 0 Å². The number of thiazole rings is 1. The van der Waals surface area contributed by atoms with Gasteiger partial charge in [0.25, 0.3) is 0 Å². The molecule has 1 aromatic carbocycles. The number of carbonyl (C=O) groups excluding carboxylic acids is 1. The van der Waals surface area contributed by atoms with Crippen molar-refractivity contribution in [2.24, 2.45) is 0 Å². The highest BCUT2D eigenvalue weighted by atomic mass is 32.1. The van der Waals surface area contributed by atoms with Gasteiger partial charge in [-0.05, 0) is 50.3 Å². The van der Waals surface area contributed by atoms with E-state index in [1.54, 1.807) is 18.4 Å². The van der Waals surface area contributed by atoms with E-state index >= 15 is 0 Å². The highest BCUT2D eigenvalue weighted by molar-refractivity contribution is 7.11. The summed E-state index contributed by atoms with van der Waals surface area (Å²) in [7, 11) is 1.67. The Morgan fingerprint density at radius 1 is 1.32 bits per heavy atom. The van der Waals surface area contributed by atoms with E-state index < -0.39 is 0 Å². The van der Waals surface area contributed by atoms with Gasteiger partial charge in [-0.1, -0.05) is 12.1 Å². The van der Waals surface area contributed by atoms with Crippen molar-refractivity contribution in [2.75, 3.05) is 20.2 Å². The number of nitrogens with zero attached hydrogens (tertiary/aromatic N) is 2. The first-order valence-corrected chi connectivity index (χ1v) is 9.80. The summed E-state index contributed by atoms with van der Waals surface area (Å²) in [5, 5.41) is 1.18. The molecule has 4 rings (SSSR count). The molecular weight excluding hydrogens is 332 g/mol. The quantitative estimate of drug-likeness (QED) is 0.834. The molecule has 1 atom stereocenters. The lowest BCUT2D eigenvalue weighted by Gasteiger charge is -2.34. The van der Waals surface area contributed by atoms with Crippen LogP contribution in [0.25, 0.3) is 0 Å². The predicted molar refractivity (Wildman–Crippen MR) is 99.3 cm³/mol. The van der Waals surface area contributed by atoms with Crippen LogP contribution in [0.4, 0.5) is 0 Å². The fourth-order valence-corrected chi connectivity index (χ4v) is 4.79. The number of aryl methyl sites for hydroxylation is 1. The van der Waals surface area contributed by atoms with Gasteiger partial charge >= 0.3 is 0 Å². The van der Waals surface area contributed by atoms with E-state index in [1.165, 1.54) is 9.88 Å². The summed E-state index contributed by atoms with van der Waals surface area (Å²) in [6, 6.07) is 8.02. The average Bonchev–Trinajstić information content (AvgIpc) is 3.36. The maximum atomic E-state index is 13.3. The molecule has 5 heteroatoms.